The normalized spacial score (nSPS) is 13.0. The molecule has 0 radical (unpaired) electrons. The highest BCUT2D eigenvalue weighted by Crippen LogP contribution is 2.52. The summed E-state index contributed by atoms with van der Waals surface area (Å²) in [7, 11) is 0. The van der Waals surface area contributed by atoms with Gasteiger partial charge in [0, 0.05) is 88.6 Å². The van der Waals surface area contributed by atoms with Crippen LogP contribution in [0.2, 0.25) is 0 Å². The van der Waals surface area contributed by atoms with Crippen molar-refractivity contribution in [3.63, 3.8) is 0 Å². The molecule has 20 rings (SSSR count). The Labute approximate surface area is 522 Å². The molecule has 14 aromatic carbocycles. The summed E-state index contributed by atoms with van der Waals surface area (Å²) >= 11 is 0. The van der Waals surface area contributed by atoms with E-state index in [0.29, 0.717) is 0 Å². The molecule has 90 heavy (non-hydrogen) atoms. The fourth-order valence-electron chi connectivity index (χ4n) is 16.4. The van der Waals surface area contributed by atoms with Gasteiger partial charge in [-0.1, -0.05) is 249 Å². The molecule has 4 nitrogen and oxygen atoms in total. The highest BCUT2D eigenvalue weighted by atomic mass is 15.2. The fourth-order valence-corrected chi connectivity index (χ4v) is 16.4. The van der Waals surface area contributed by atoms with Gasteiger partial charge < -0.3 is 18.8 Å². The first-order chi connectivity index (χ1) is 44.7. The van der Waals surface area contributed by atoms with Gasteiger partial charge in [0.25, 0.3) is 0 Å². The number of anilines is 6. The molecule has 414 valence electrons. The molecule has 0 saturated heterocycles. The summed E-state index contributed by atoms with van der Waals surface area (Å²) < 4.78 is 5.38. The minimum atomic E-state index is -0.102. The average molecular weight is 1140 g/mol. The second-order valence-corrected chi connectivity index (χ2v) is 24.6. The van der Waals surface area contributed by atoms with Crippen LogP contribution in [-0.2, 0) is 0 Å². The number of benzene rings is 14. The minimum absolute atomic E-state index is 0.0690. The van der Waals surface area contributed by atoms with Gasteiger partial charge in [-0.15, -0.1) is 0 Å². The van der Waals surface area contributed by atoms with Crippen LogP contribution < -0.4 is 31.7 Å². The zero-order chi connectivity index (χ0) is 58.7. The van der Waals surface area contributed by atoms with Crippen molar-refractivity contribution in [2.45, 2.75) is 0 Å². The van der Waals surface area contributed by atoms with E-state index >= 15 is 0 Å². The van der Waals surface area contributed by atoms with Gasteiger partial charge in [0.15, 0.2) is 0 Å². The van der Waals surface area contributed by atoms with E-state index in [1.54, 1.807) is 0 Å². The van der Waals surface area contributed by atoms with Crippen LogP contribution in [0.15, 0.2) is 315 Å². The molecular weight excluding hydrogens is 1090 g/mol. The maximum absolute atomic E-state index is 2.70. The third kappa shape index (κ3) is 6.93. The lowest BCUT2D eigenvalue weighted by Crippen LogP contribution is -2.56. The van der Waals surface area contributed by atoms with Crippen molar-refractivity contribution in [3.05, 3.63) is 315 Å². The standard InChI is InChI=1S/C84H52B2N4/c1-5-22-53(23-6-1)57-30-17-31-61(48-57)87-77-42-21-36-66-71-51-60(50-70-64-33-14-16-41-75(64)89(83(70)71)85(81(66)77)72-46-44-59(52-79(72)87)54-24-7-2-8-25-54)58-45-47-76-69(49-58)68-38-18-37-67-65-35-20-43-78-80(65)86(90(76)82(67)68)73-39-19-34-63(56-28-11-4-12-29-56)84(73)88(78)74-40-15-13-32-62(74)55-26-9-3-10-27-55/h1-52H. The molecule has 0 unspecified atom stereocenters. The second-order valence-electron chi connectivity index (χ2n) is 24.6. The molecule has 2 aromatic heterocycles. The Hall–Kier alpha value is -11.6. The number of rotatable bonds is 7. The van der Waals surface area contributed by atoms with Crippen molar-refractivity contribution in [2.24, 2.45) is 0 Å². The van der Waals surface area contributed by atoms with E-state index in [1.165, 1.54) is 166 Å². The molecule has 0 amide bonds. The van der Waals surface area contributed by atoms with Gasteiger partial charge in [0.2, 0.25) is 0 Å². The molecule has 0 N–H and O–H groups in total. The van der Waals surface area contributed by atoms with E-state index in [0.717, 1.165) is 11.4 Å². The van der Waals surface area contributed by atoms with Gasteiger partial charge in [-0.25, -0.2) is 0 Å². The molecule has 6 heterocycles. The number of fused-ring (bicyclic) bond motifs is 14. The monoisotopic (exact) mass is 1140 g/mol. The molecular formula is C84H52B2N4. The number of hydrogen-bond acceptors (Lipinski definition) is 2. The highest BCUT2D eigenvalue weighted by molar-refractivity contribution is 6.91. The maximum Gasteiger partial charge on any atom is 0.333 e. The smallest absolute Gasteiger partial charge is 0.333 e. The van der Waals surface area contributed by atoms with Gasteiger partial charge in [-0.05, 0) is 144 Å². The summed E-state index contributed by atoms with van der Waals surface area (Å²) in [6.45, 7) is -0.171. The Morgan fingerprint density at radius 1 is 0.222 bits per heavy atom. The van der Waals surface area contributed by atoms with E-state index in [2.05, 4.69) is 334 Å². The number of nitrogens with zero attached hydrogens (tertiary/aromatic N) is 4. The van der Waals surface area contributed by atoms with Crippen molar-refractivity contribution in [2.75, 3.05) is 9.80 Å². The van der Waals surface area contributed by atoms with E-state index in [1.807, 2.05) is 0 Å². The van der Waals surface area contributed by atoms with Crippen LogP contribution in [-0.4, -0.2) is 22.7 Å². The third-order valence-electron chi connectivity index (χ3n) is 20.0. The first-order valence-corrected chi connectivity index (χ1v) is 31.4. The number of hydrogen-bond donors (Lipinski definition) is 0. The summed E-state index contributed by atoms with van der Waals surface area (Å²) in [5.74, 6) is 0. The van der Waals surface area contributed by atoms with Gasteiger partial charge in [-0.3, -0.25) is 0 Å². The lowest BCUT2D eigenvalue weighted by molar-refractivity contribution is 1.25. The average Bonchev–Trinajstić information content (AvgIpc) is 1.35. The summed E-state index contributed by atoms with van der Waals surface area (Å²) in [4.78, 5) is 5.12. The largest absolute Gasteiger partial charge is 0.375 e. The van der Waals surface area contributed by atoms with Gasteiger partial charge in [-0.2, -0.15) is 0 Å². The van der Waals surface area contributed by atoms with Crippen LogP contribution in [0, 0.1) is 0 Å². The van der Waals surface area contributed by atoms with Crippen LogP contribution in [0.25, 0.3) is 122 Å². The first kappa shape index (κ1) is 49.5. The quantitative estimate of drug-likeness (QED) is 0.148. The van der Waals surface area contributed by atoms with Crippen LogP contribution in [0.3, 0.4) is 0 Å². The van der Waals surface area contributed by atoms with Crippen LogP contribution in [0.1, 0.15) is 0 Å². The molecule has 0 spiro atoms. The predicted molar refractivity (Wildman–Crippen MR) is 381 cm³/mol. The predicted octanol–water partition coefficient (Wildman–Crippen LogP) is 19.1. The molecule has 0 atom stereocenters. The summed E-state index contributed by atoms with van der Waals surface area (Å²) in [6.07, 6.45) is 0. The van der Waals surface area contributed by atoms with Gasteiger partial charge in [0.1, 0.15) is 0 Å². The summed E-state index contributed by atoms with van der Waals surface area (Å²) in [5, 5.41) is 5.05. The van der Waals surface area contributed by atoms with E-state index in [4.69, 9.17) is 0 Å². The minimum Gasteiger partial charge on any atom is -0.375 e. The zero-order valence-electron chi connectivity index (χ0n) is 49.0. The van der Waals surface area contributed by atoms with E-state index < -0.39 is 0 Å². The zero-order valence-corrected chi connectivity index (χ0v) is 49.0. The molecule has 0 fully saturated rings. The van der Waals surface area contributed by atoms with Crippen LogP contribution in [0.4, 0.5) is 34.1 Å². The van der Waals surface area contributed by atoms with Gasteiger partial charge in [0.05, 0.1) is 11.4 Å². The first-order valence-electron chi connectivity index (χ1n) is 31.4. The number of para-hydroxylation sites is 4. The third-order valence-corrected chi connectivity index (χ3v) is 20.0. The molecule has 0 saturated carbocycles. The topological polar surface area (TPSA) is 16.3 Å². The second kappa shape index (κ2) is 19.0. The molecule has 0 bridgehead atoms. The van der Waals surface area contributed by atoms with Gasteiger partial charge >= 0.3 is 13.7 Å². The molecule has 6 heteroatoms. The Balaban J connectivity index is 0.800. The lowest BCUT2D eigenvalue weighted by Gasteiger charge is -2.42. The van der Waals surface area contributed by atoms with E-state index in [-0.39, 0.29) is 13.7 Å². The SMILES string of the molecule is c1ccc(-c2cccc(N3c4cc(-c5ccccc5)ccc4B4c5c(cccc53)-c3cc(-c5ccc6c(c5)c5cccc7c5n6B5c6cccc(-c8ccccc8)c6N(c6ccccc6-c6ccccc6)c6cccc-7c65)cc5c6ccccc6n4c35)c2)cc1. The molecule has 16 aromatic rings. The lowest BCUT2D eigenvalue weighted by atomic mass is 9.45. The van der Waals surface area contributed by atoms with Crippen molar-refractivity contribution in [1.82, 2.24) is 8.96 Å². The Kier molecular flexibility index (Phi) is 10.4. The Morgan fingerprint density at radius 3 is 1.47 bits per heavy atom. The van der Waals surface area contributed by atoms with Crippen molar-refractivity contribution in [3.8, 4) is 77.9 Å². The molecule has 4 aliphatic rings. The van der Waals surface area contributed by atoms with Crippen molar-refractivity contribution < 1.29 is 0 Å². The summed E-state index contributed by atoms with van der Waals surface area (Å²) in [6, 6.07) is 118. The fraction of sp³-hybridized carbons (Fsp3) is 0. The van der Waals surface area contributed by atoms with E-state index in [9.17, 15) is 0 Å². The summed E-state index contributed by atoms with van der Waals surface area (Å²) in [5.41, 5.74) is 34.4. The Bertz CT molecular complexity index is 5690. The number of aromatic nitrogens is 2. The Morgan fingerprint density at radius 2 is 0.711 bits per heavy atom. The molecule has 4 aliphatic heterocycles. The van der Waals surface area contributed by atoms with Crippen molar-refractivity contribution >= 4 is 113 Å². The maximum atomic E-state index is 2.70. The van der Waals surface area contributed by atoms with Crippen molar-refractivity contribution in [1.29, 1.82) is 0 Å². The highest BCUT2D eigenvalue weighted by Gasteiger charge is 2.45. The molecule has 0 aliphatic carbocycles. The van der Waals surface area contributed by atoms with Crippen LogP contribution >= 0.6 is 0 Å². The van der Waals surface area contributed by atoms with Crippen LogP contribution in [0.5, 0.6) is 0 Å².